The van der Waals surface area contributed by atoms with Gasteiger partial charge < -0.3 is 25.0 Å². The molecule has 0 aliphatic carbocycles. The van der Waals surface area contributed by atoms with Crippen LogP contribution in [0.3, 0.4) is 0 Å². The van der Waals surface area contributed by atoms with Crippen molar-refractivity contribution in [3.63, 3.8) is 0 Å². The molecule has 1 aliphatic rings. The molecule has 3 rings (SSSR count). The number of ether oxygens (including phenoxy) is 2. The van der Waals surface area contributed by atoms with E-state index in [9.17, 15) is 9.59 Å². The molecule has 1 aliphatic heterocycles. The summed E-state index contributed by atoms with van der Waals surface area (Å²) in [4.78, 5) is 26.7. The summed E-state index contributed by atoms with van der Waals surface area (Å²) in [6, 6.07) is 15.1. The average Bonchev–Trinajstić information content (AvgIpc) is 2.75. The Morgan fingerprint density at radius 1 is 1.04 bits per heavy atom. The van der Waals surface area contributed by atoms with E-state index in [1.54, 1.807) is 13.2 Å². The second kappa shape index (κ2) is 9.75. The highest BCUT2D eigenvalue weighted by Crippen LogP contribution is 2.26. The van der Waals surface area contributed by atoms with Crippen molar-refractivity contribution in [2.24, 2.45) is 0 Å². The first-order valence-corrected chi connectivity index (χ1v) is 9.32. The van der Waals surface area contributed by atoms with Crippen LogP contribution in [0.15, 0.2) is 48.5 Å². The fraction of sp³-hybridized carbons (Fsp3) is 0.333. The highest BCUT2D eigenvalue weighted by molar-refractivity contribution is 6.39. The molecule has 2 N–H and O–H groups in total. The monoisotopic (exact) mass is 383 g/mol. The molecule has 0 saturated carbocycles. The number of carbonyl (C=O) groups excluding carboxylic acids is 2. The fourth-order valence-electron chi connectivity index (χ4n) is 3.14. The van der Waals surface area contributed by atoms with Crippen molar-refractivity contribution in [3.05, 3.63) is 54.1 Å². The Morgan fingerprint density at radius 2 is 1.75 bits per heavy atom. The lowest BCUT2D eigenvalue weighted by Crippen LogP contribution is -2.38. The van der Waals surface area contributed by atoms with Crippen LogP contribution in [0.4, 0.5) is 11.4 Å². The van der Waals surface area contributed by atoms with E-state index in [-0.39, 0.29) is 0 Å². The van der Waals surface area contributed by atoms with Crippen LogP contribution in [0.25, 0.3) is 0 Å². The van der Waals surface area contributed by atoms with Gasteiger partial charge >= 0.3 is 11.8 Å². The van der Waals surface area contributed by atoms with Crippen molar-refractivity contribution >= 4 is 23.2 Å². The third-order valence-corrected chi connectivity index (χ3v) is 4.58. The summed E-state index contributed by atoms with van der Waals surface area (Å²) in [5.74, 6) is -0.576. The predicted molar refractivity (Wildman–Crippen MR) is 108 cm³/mol. The zero-order valence-corrected chi connectivity index (χ0v) is 15.9. The quantitative estimate of drug-likeness (QED) is 0.744. The molecule has 28 heavy (non-hydrogen) atoms. The van der Waals surface area contributed by atoms with Gasteiger partial charge in [-0.3, -0.25) is 9.59 Å². The van der Waals surface area contributed by atoms with E-state index in [0.29, 0.717) is 31.9 Å². The number of methoxy groups -OCH3 is 1. The number of amides is 2. The number of benzene rings is 2. The fourth-order valence-corrected chi connectivity index (χ4v) is 3.14. The van der Waals surface area contributed by atoms with Gasteiger partial charge in [-0.15, -0.1) is 0 Å². The SMILES string of the molecule is COc1ccccc1CCNC(=O)C(=O)Nc1ccccc1N1CCOCC1. The maximum absolute atomic E-state index is 12.3. The highest BCUT2D eigenvalue weighted by atomic mass is 16.5. The minimum atomic E-state index is -0.680. The van der Waals surface area contributed by atoms with Crippen LogP contribution in [-0.4, -0.2) is 51.8 Å². The zero-order valence-electron chi connectivity index (χ0n) is 15.9. The van der Waals surface area contributed by atoms with Gasteiger partial charge in [-0.2, -0.15) is 0 Å². The van der Waals surface area contributed by atoms with Crippen LogP contribution in [-0.2, 0) is 20.7 Å². The number of anilines is 2. The maximum Gasteiger partial charge on any atom is 0.313 e. The zero-order chi connectivity index (χ0) is 19.8. The minimum absolute atomic E-state index is 0.345. The number of para-hydroxylation sites is 3. The second-order valence-electron chi connectivity index (χ2n) is 6.39. The van der Waals surface area contributed by atoms with Gasteiger partial charge in [0.25, 0.3) is 0 Å². The van der Waals surface area contributed by atoms with E-state index >= 15 is 0 Å². The van der Waals surface area contributed by atoms with Gasteiger partial charge in [0, 0.05) is 19.6 Å². The van der Waals surface area contributed by atoms with E-state index in [4.69, 9.17) is 9.47 Å². The van der Waals surface area contributed by atoms with E-state index in [0.717, 1.165) is 30.1 Å². The average molecular weight is 383 g/mol. The van der Waals surface area contributed by atoms with E-state index < -0.39 is 11.8 Å². The molecule has 1 fully saturated rings. The first-order chi connectivity index (χ1) is 13.7. The van der Waals surface area contributed by atoms with Crippen molar-refractivity contribution in [3.8, 4) is 5.75 Å². The van der Waals surface area contributed by atoms with Crippen molar-refractivity contribution < 1.29 is 19.1 Å². The van der Waals surface area contributed by atoms with Crippen LogP contribution < -0.4 is 20.3 Å². The number of hydrogen-bond donors (Lipinski definition) is 2. The molecule has 0 spiro atoms. The summed E-state index contributed by atoms with van der Waals surface area (Å²) in [7, 11) is 1.61. The van der Waals surface area contributed by atoms with Gasteiger partial charge in [0.15, 0.2) is 0 Å². The molecular weight excluding hydrogens is 358 g/mol. The highest BCUT2D eigenvalue weighted by Gasteiger charge is 2.18. The van der Waals surface area contributed by atoms with Crippen LogP contribution in [0.2, 0.25) is 0 Å². The number of rotatable bonds is 6. The molecule has 0 bridgehead atoms. The summed E-state index contributed by atoms with van der Waals surface area (Å²) < 4.78 is 10.7. The topological polar surface area (TPSA) is 79.9 Å². The van der Waals surface area contributed by atoms with Crippen LogP contribution in [0.1, 0.15) is 5.56 Å². The molecular formula is C21H25N3O4. The molecule has 0 atom stereocenters. The molecule has 1 heterocycles. The Morgan fingerprint density at radius 3 is 2.54 bits per heavy atom. The van der Waals surface area contributed by atoms with E-state index in [2.05, 4.69) is 15.5 Å². The Bertz CT molecular complexity index is 819. The van der Waals surface area contributed by atoms with Crippen molar-refractivity contribution in [2.75, 3.05) is 50.2 Å². The van der Waals surface area contributed by atoms with Gasteiger partial charge in [0.1, 0.15) is 5.75 Å². The molecule has 7 nitrogen and oxygen atoms in total. The molecule has 2 aromatic carbocycles. The number of carbonyl (C=O) groups is 2. The smallest absolute Gasteiger partial charge is 0.313 e. The Kier molecular flexibility index (Phi) is 6.86. The lowest BCUT2D eigenvalue weighted by atomic mass is 10.1. The van der Waals surface area contributed by atoms with E-state index in [1.165, 1.54) is 0 Å². The lowest BCUT2D eigenvalue weighted by Gasteiger charge is -2.30. The lowest BCUT2D eigenvalue weighted by molar-refractivity contribution is -0.136. The normalized spacial score (nSPS) is 13.7. The number of nitrogens with zero attached hydrogens (tertiary/aromatic N) is 1. The molecule has 2 aromatic rings. The summed E-state index contributed by atoms with van der Waals surface area (Å²) in [6.07, 6.45) is 0.577. The van der Waals surface area contributed by atoms with Gasteiger partial charge in [-0.05, 0) is 30.2 Å². The van der Waals surface area contributed by atoms with Gasteiger partial charge in [-0.1, -0.05) is 30.3 Å². The first-order valence-electron chi connectivity index (χ1n) is 9.32. The number of nitrogens with one attached hydrogen (secondary N) is 2. The molecule has 0 unspecified atom stereocenters. The minimum Gasteiger partial charge on any atom is -0.496 e. The maximum atomic E-state index is 12.3. The molecule has 0 aromatic heterocycles. The molecule has 1 saturated heterocycles. The third-order valence-electron chi connectivity index (χ3n) is 4.58. The van der Waals surface area contributed by atoms with Crippen LogP contribution >= 0.6 is 0 Å². The Balaban J connectivity index is 1.55. The summed E-state index contributed by atoms with van der Waals surface area (Å²) in [6.45, 7) is 3.13. The standard InChI is InChI=1S/C21H25N3O4/c1-27-19-9-5-2-6-16(19)10-11-22-20(25)21(26)23-17-7-3-4-8-18(17)24-12-14-28-15-13-24/h2-9H,10-15H2,1H3,(H,22,25)(H,23,26). The summed E-state index contributed by atoms with van der Waals surface area (Å²) >= 11 is 0. The van der Waals surface area contributed by atoms with Crippen molar-refractivity contribution in [2.45, 2.75) is 6.42 Å². The van der Waals surface area contributed by atoms with Crippen LogP contribution in [0, 0.1) is 0 Å². The Hall–Kier alpha value is -3.06. The molecule has 0 radical (unpaired) electrons. The predicted octanol–water partition coefficient (Wildman–Crippen LogP) is 1.83. The number of hydrogen-bond acceptors (Lipinski definition) is 5. The molecule has 148 valence electrons. The molecule has 2 amide bonds. The van der Waals surface area contributed by atoms with Crippen LogP contribution in [0.5, 0.6) is 5.75 Å². The summed E-state index contributed by atoms with van der Waals surface area (Å²) in [5, 5.41) is 5.38. The first kappa shape index (κ1) is 19.7. The van der Waals surface area contributed by atoms with E-state index in [1.807, 2.05) is 42.5 Å². The largest absolute Gasteiger partial charge is 0.496 e. The van der Waals surface area contributed by atoms with Gasteiger partial charge in [0.2, 0.25) is 0 Å². The Labute approximate surface area is 164 Å². The summed E-state index contributed by atoms with van der Waals surface area (Å²) in [5.41, 5.74) is 2.48. The molecule has 7 heteroatoms. The van der Waals surface area contributed by atoms with Crippen molar-refractivity contribution in [1.82, 2.24) is 5.32 Å². The second-order valence-corrected chi connectivity index (χ2v) is 6.39. The van der Waals surface area contributed by atoms with Gasteiger partial charge in [0.05, 0.1) is 31.7 Å². The van der Waals surface area contributed by atoms with Crippen molar-refractivity contribution in [1.29, 1.82) is 0 Å². The van der Waals surface area contributed by atoms with Gasteiger partial charge in [-0.25, -0.2) is 0 Å². The number of morpholine rings is 1. The third kappa shape index (κ3) is 5.01.